The van der Waals surface area contributed by atoms with Gasteiger partial charge in [0.15, 0.2) is 5.82 Å². The van der Waals surface area contributed by atoms with Gasteiger partial charge in [-0.15, -0.1) is 10.2 Å². The van der Waals surface area contributed by atoms with Crippen molar-refractivity contribution in [3.8, 4) is 11.3 Å². The molecule has 0 radical (unpaired) electrons. The summed E-state index contributed by atoms with van der Waals surface area (Å²) in [5.74, 6) is 0.916. The SMILES string of the molecule is O=C(C1CCCO1)N1CCN(c2ccc(-c3ccc(Cl)cc3Cl)nn2)CC1. The fourth-order valence-electron chi connectivity index (χ4n) is 3.47. The van der Waals surface area contributed by atoms with E-state index in [9.17, 15) is 4.79 Å². The van der Waals surface area contributed by atoms with E-state index in [1.807, 2.05) is 23.1 Å². The Labute approximate surface area is 168 Å². The molecule has 2 aromatic rings. The van der Waals surface area contributed by atoms with Crippen molar-refractivity contribution in [2.45, 2.75) is 18.9 Å². The van der Waals surface area contributed by atoms with Crippen LogP contribution in [-0.2, 0) is 9.53 Å². The Morgan fingerprint density at radius 2 is 1.89 bits per heavy atom. The first-order valence-electron chi connectivity index (χ1n) is 9.06. The Kier molecular flexibility index (Phi) is 5.48. The van der Waals surface area contributed by atoms with Gasteiger partial charge in [-0.3, -0.25) is 4.79 Å². The van der Waals surface area contributed by atoms with Gasteiger partial charge in [-0.1, -0.05) is 23.2 Å². The first-order chi connectivity index (χ1) is 13.1. The number of hydrogen-bond acceptors (Lipinski definition) is 5. The minimum atomic E-state index is -0.250. The van der Waals surface area contributed by atoms with Gasteiger partial charge in [-0.05, 0) is 43.2 Å². The Morgan fingerprint density at radius 3 is 2.52 bits per heavy atom. The summed E-state index contributed by atoms with van der Waals surface area (Å²) in [6.07, 6.45) is 1.55. The van der Waals surface area contributed by atoms with Crippen LogP contribution in [0.1, 0.15) is 12.8 Å². The van der Waals surface area contributed by atoms with Crippen molar-refractivity contribution >= 4 is 34.9 Å². The summed E-state index contributed by atoms with van der Waals surface area (Å²) in [7, 11) is 0. The Balaban J connectivity index is 1.39. The van der Waals surface area contributed by atoms with Crippen molar-refractivity contribution in [1.82, 2.24) is 15.1 Å². The standard InChI is InChI=1S/C19H20Cl2N4O2/c20-13-3-4-14(15(21)12-13)16-5-6-18(23-22-16)24-7-9-25(10-8-24)19(26)17-2-1-11-27-17/h3-6,12,17H,1-2,7-11H2. The van der Waals surface area contributed by atoms with E-state index in [2.05, 4.69) is 15.1 Å². The number of carbonyl (C=O) groups excluding carboxylic acids is 1. The van der Waals surface area contributed by atoms with E-state index in [1.54, 1.807) is 12.1 Å². The smallest absolute Gasteiger partial charge is 0.251 e. The second kappa shape index (κ2) is 8.00. The first-order valence-corrected chi connectivity index (χ1v) is 9.82. The highest BCUT2D eigenvalue weighted by Crippen LogP contribution is 2.29. The summed E-state index contributed by atoms with van der Waals surface area (Å²) < 4.78 is 5.51. The minimum Gasteiger partial charge on any atom is -0.368 e. The molecule has 1 aromatic heterocycles. The normalized spacial score (nSPS) is 20.1. The van der Waals surface area contributed by atoms with Gasteiger partial charge in [0.25, 0.3) is 5.91 Å². The maximum absolute atomic E-state index is 12.4. The molecule has 0 aliphatic carbocycles. The fraction of sp³-hybridized carbons (Fsp3) is 0.421. The maximum atomic E-state index is 12.4. The van der Waals surface area contributed by atoms with E-state index in [0.717, 1.165) is 37.3 Å². The van der Waals surface area contributed by atoms with Gasteiger partial charge in [0.2, 0.25) is 0 Å². The van der Waals surface area contributed by atoms with Crippen LogP contribution in [0.2, 0.25) is 10.0 Å². The molecule has 2 saturated heterocycles. The molecule has 2 fully saturated rings. The molecule has 142 valence electrons. The zero-order valence-corrected chi connectivity index (χ0v) is 16.3. The number of rotatable bonds is 3. The quantitative estimate of drug-likeness (QED) is 0.782. The Morgan fingerprint density at radius 1 is 1.07 bits per heavy atom. The van der Waals surface area contributed by atoms with E-state index in [0.29, 0.717) is 35.4 Å². The molecule has 2 aliphatic rings. The van der Waals surface area contributed by atoms with Crippen LogP contribution in [0.25, 0.3) is 11.3 Å². The molecule has 1 aromatic carbocycles. The maximum Gasteiger partial charge on any atom is 0.251 e. The molecule has 0 spiro atoms. The van der Waals surface area contributed by atoms with Crippen molar-refractivity contribution in [3.05, 3.63) is 40.4 Å². The average Bonchev–Trinajstić information content (AvgIpc) is 3.23. The molecule has 27 heavy (non-hydrogen) atoms. The zero-order chi connectivity index (χ0) is 18.8. The average molecular weight is 407 g/mol. The lowest BCUT2D eigenvalue weighted by Gasteiger charge is -2.36. The van der Waals surface area contributed by atoms with Gasteiger partial charge in [0.1, 0.15) is 6.10 Å². The van der Waals surface area contributed by atoms with Crippen molar-refractivity contribution in [1.29, 1.82) is 0 Å². The second-order valence-corrected chi connectivity index (χ2v) is 7.56. The highest BCUT2D eigenvalue weighted by molar-refractivity contribution is 6.36. The molecule has 1 unspecified atom stereocenters. The van der Waals surface area contributed by atoms with Crippen LogP contribution in [0.4, 0.5) is 5.82 Å². The molecular weight excluding hydrogens is 387 g/mol. The minimum absolute atomic E-state index is 0.117. The molecular formula is C19H20Cl2N4O2. The summed E-state index contributed by atoms with van der Waals surface area (Å²) in [5.41, 5.74) is 1.50. The molecule has 4 rings (SSSR count). The monoisotopic (exact) mass is 406 g/mol. The van der Waals surface area contributed by atoms with E-state index in [1.165, 1.54) is 0 Å². The topological polar surface area (TPSA) is 58.6 Å². The van der Waals surface area contributed by atoms with E-state index in [-0.39, 0.29) is 12.0 Å². The molecule has 6 nitrogen and oxygen atoms in total. The highest BCUT2D eigenvalue weighted by Gasteiger charge is 2.30. The summed E-state index contributed by atoms with van der Waals surface area (Å²) in [5, 5.41) is 9.79. The predicted molar refractivity (Wildman–Crippen MR) is 105 cm³/mol. The predicted octanol–water partition coefficient (Wildman–Crippen LogP) is 3.28. The molecule has 1 atom stereocenters. The first kappa shape index (κ1) is 18.5. The van der Waals surface area contributed by atoms with Crippen LogP contribution in [0.3, 0.4) is 0 Å². The van der Waals surface area contributed by atoms with Gasteiger partial charge in [0, 0.05) is 43.4 Å². The third kappa shape index (κ3) is 4.03. The molecule has 2 aliphatic heterocycles. The largest absolute Gasteiger partial charge is 0.368 e. The number of amides is 1. The summed E-state index contributed by atoms with van der Waals surface area (Å²) in [4.78, 5) is 16.5. The van der Waals surface area contributed by atoms with Gasteiger partial charge in [-0.25, -0.2) is 0 Å². The Hall–Kier alpha value is -1.89. The number of benzene rings is 1. The van der Waals surface area contributed by atoms with Crippen LogP contribution in [-0.4, -0.2) is 59.9 Å². The van der Waals surface area contributed by atoms with Gasteiger partial charge >= 0.3 is 0 Å². The molecule has 0 saturated carbocycles. The van der Waals surface area contributed by atoms with E-state index >= 15 is 0 Å². The Bertz CT molecular complexity index is 817. The number of halogens is 2. The van der Waals surface area contributed by atoms with Crippen molar-refractivity contribution < 1.29 is 9.53 Å². The zero-order valence-electron chi connectivity index (χ0n) is 14.8. The van der Waals surface area contributed by atoms with Crippen molar-refractivity contribution in [2.24, 2.45) is 0 Å². The molecule has 0 bridgehead atoms. The third-order valence-electron chi connectivity index (χ3n) is 4.98. The number of aromatic nitrogens is 2. The molecule has 3 heterocycles. The van der Waals surface area contributed by atoms with Gasteiger partial charge in [0.05, 0.1) is 10.7 Å². The number of anilines is 1. The lowest BCUT2D eigenvalue weighted by Crippen LogP contribution is -2.51. The molecule has 1 amide bonds. The number of hydrogen-bond donors (Lipinski definition) is 0. The van der Waals surface area contributed by atoms with Crippen LogP contribution in [0.5, 0.6) is 0 Å². The fourth-order valence-corrected chi connectivity index (χ4v) is 3.97. The molecule has 8 heteroatoms. The second-order valence-electron chi connectivity index (χ2n) is 6.71. The van der Waals surface area contributed by atoms with Gasteiger partial charge in [-0.2, -0.15) is 0 Å². The number of ether oxygens (including phenoxy) is 1. The third-order valence-corrected chi connectivity index (χ3v) is 5.53. The highest BCUT2D eigenvalue weighted by atomic mass is 35.5. The summed E-state index contributed by atoms with van der Waals surface area (Å²) in [6.45, 7) is 3.49. The van der Waals surface area contributed by atoms with Crippen LogP contribution in [0, 0.1) is 0 Å². The lowest BCUT2D eigenvalue weighted by molar-refractivity contribution is -0.141. The van der Waals surface area contributed by atoms with Crippen LogP contribution >= 0.6 is 23.2 Å². The van der Waals surface area contributed by atoms with Crippen LogP contribution < -0.4 is 4.90 Å². The van der Waals surface area contributed by atoms with Crippen molar-refractivity contribution in [3.63, 3.8) is 0 Å². The number of carbonyl (C=O) groups is 1. The summed E-state index contributed by atoms with van der Waals surface area (Å²) >= 11 is 12.2. The summed E-state index contributed by atoms with van der Waals surface area (Å²) in [6, 6.07) is 9.15. The molecule has 0 N–H and O–H groups in total. The lowest BCUT2D eigenvalue weighted by atomic mass is 10.1. The van der Waals surface area contributed by atoms with Crippen molar-refractivity contribution in [2.75, 3.05) is 37.7 Å². The van der Waals surface area contributed by atoms with Gasteiger partial charge < -0.3 is 14.5 Å². The van der Waals surface area contributed by atoms with E-state index in [4.69, 9.17) is 27.9 Å². The number of nitrogens with zero attached hydrogens (tertiary/aromatic N) is 4. The van der Waals surface area contributed by atoms with Crippen LogP contribution in [0.15, 0.2) is 30.3 Å². The number of piperazine rings is 1. The van der Waals surface area contributed by atoms with E-state index < -0.39 is 0 Å².